The predicted molar refractivity (Wildman–Crippen MR) is 66.6 cm³/mol. The van der Waals surface area contributed by atoms with Crippen molar-refractivity contribution >= 4 is 10.8 Å². The molecule has 0 aromatic heterocycles. The maximum Gasteiger partial charge on any atom is 0.0122 e. The fraction of sp³-hybridized carbons (Fsp3) is 0.333. The summed E-state index contributed by atoms with van der Waals surface area (Å²) in [6.07, 6.45) is 1.39. The second-order valence-electron chi connectivity index (χ2n) is 5.25. The van der Waals surface area contributed by atoms with Crippen LogP contribution in [0.1, 0.15) is 12.0 Å². The summed E-state index contributed by atoms with van der Waals surface area (Å²) in [5.41, 5.74) is 2.03. The van der Waals surface area contributed by atoms with Gasteiger partial charge in [0.1, 0.15) is 0 Å². The summed E-state index contributed by atoms with van der Waals surface area (Å²) in [5, 5.41) is 6.24. The van der Waals surface area contributed by atoms with Crippen LogP contribution in [0, 0.1) is 5.92 Å². The second kappa shape index (κ2) is 2.86. The van der Waals surface area contributed by atoms with Crippen molar-refractivity contribution in [2.24, 2.45) is 5.92 Å². The van der Waals surface area contributed by atoms with E-state index in [4.69, 9.17) is 0 Å². The fourth-order valence-electron chi connectivity index (χ4n) is 3.29. The van der Waals surface area contributed by atoms with Gasteiger partial charge >= 0.3 is 0 Å². The molecule has 1 saturated carbocycles. The summed E-state index contributed by atoms with van der Waals surface area (Å²) in [6, 6.07) is 15.6. The molecule has 4 rings (SSSR count). The number of hydrogen-bond donors (Lipinski definition) is 1. The van der Waals surface area contributed by atoms with Crippen molar-refractivity contribution in [3.63, 3.8) is 0 Å². The predicted octanol–water partition coefficient (Wildman–Crippen LogP) is 2.70. The standard InChI is InChI=1S/C15H15N/c1-2-4-12-7-13(6-5-11(12)3-1)15-8-14(15)9-16-10-15/h1-7,14,16H,8-10H2/t14-,15?/m0/s1. The molecule has 0 spiro atoms. The Labute approximate surface area is 95.5 Å². The van der Waals surface area contributed by atoms with Gasteiger partial charge in [-0.1, -0.05) is 42.5 Å². The van der Waals surface area contributed by atoms with Crippen LogP contribution in [0.4, 0.5) is 0 Å². The van der Waals surface area contributed by atoms with Crippen LogP contribution in [0.2, 0.25) is 0 Å². The molecule has 1 unspecified atom stereocenters. The van der Waals surface area contributed by atoms with E-state index in [0.717, 1.165) is 5.92 Å². The van der Waals surface area contributed by atoms with Crippen LogP contribution in [-0.2, 0) is 5.41 Å². The van der Waals surface area contributed by atoms with Crippen molar-refractivity contribution in [3.8, 4) is 0 Å². The highest BCUT2D eigenvalue weighted by molar-refractivity contribution is 5.83. The van der Waals surface area contributed by atoms with Crippen LogP contribution >= 0.6 is 0 Å². The van der Waals surface area contributed by atoms with Gasteiger partial charge in [0.25, 0.3) is 0 Å². The Morgan fingerprint density at radius 1 is 1.06 bits per heavy atom. The lowest BCUT2D eigenvalue weighted by molar-refractivity contribution is 0.676. The molecule has 2 aliphatic rings. The smallest absolute Gasteiger partial charge is 0.0122 e. The van der Waals surface area contributed by atoms with E-state index in [-0.39, 0.29) is 0 Å². The van der Waals surface area contributed by atoms with Gasteiger partial charge in [-0.3, -0.25) is 0 Å². The molecule has 2 atom stereocenters. The van der Waals surface area contributed by atoms with E-state index in [9.17, 15) is 0 Å². The van der Waals surface area contributed by atoms with Gasteiger partial charge in [-0.05, 0) is 35.2 Å². The molecule has 1 heterocycles. The van der Waals surface area contributed by atoms with Crippen molar-refractivity contribution in [3.05, 3.63) is 48.0 Å². The maximum atomic E-state index is 3.51. The van der Waals surface area contributed by atoms with Gasteiger partial charge in [-0.25, -0.2) is 0 Å². The Morgan fingerprint density at radius 2 is 1.94 bits per heavy atom. The molecule has 0 bridgehead atoms. The summed E-state index contributed by atoms with van der Waals surface area (Å²) in [7, 11) is 0. The van der Waals surface area contributed by atoms with Gasteiger partial charge in [-0.15, -0.1) is 0 Å². The van der Waals surface area contributed by atoms with Crippen molar-refractivity contribution in [1.82, 2.24) is 5.32 Å². The van der Waals surface area contributed by atoms with Crippen LogP contribution in [-0.4, -0.2) is 13.1 Å². The normalized spacial score (nSPS) is 31.6. The summed E-state index contributed by atoms with van der Waals surface area (Å²) < 4.78 is 0. The number of nitrogens with one attached hydrogen (secondary N) is 1. The molecule has 0 amide bonds. The van der Waals surface area contributed by atoms with Crippen molar-refractivity contribution in [2.75, 3.05) is 13.1 Å². The minimum absolute atomic E-state index is 0.490. The Morgan fingerprint density at radius 3 is 2.69 bits per heavy atom. The first-order valence-electron chi connectivity index (χ1n) is 6.08. The monoisotopic (exact) mass is 209 g/mol. The lowest BCUT2D eigenvalue weighted by Gasteiger charge is -2.13. The average molecular weight is 209 g/mol. The van der Waals surface area contributed by atoms with E-state index in [1.807, 2.05) is 0 Å². The molecule has 2 fully saturated rings. The highest BCUT2D eigenvalue weighted by Gasteiger charge is 2.57. The first kappa shape index (κ1) is 8.77. The highest BCUT2D eigenvalue weighted by Crippen LogP contribution is 2.56. The molecule has 0 radical (unpaired) electrons. The van der Waals surface area contributed by atoms with Gasteiger partial charge in [0, 0.05) is 12.0 Å². The molecule has 2 aromatic rings. The highest BCUT2D eigenvalue weighted by atomic mass is 15.0. The largest absolute Gasteiger partial charge is 0.316 e. The van der Waals surface area contributed by atoms with E-state index in [0.29, 0.717) is 5.41 Å². The number of piperidine rings is 1. The minimum atomic E-state index is 0.490. The molecule has 2 aromatic carbocycles. The number of hydrogen-bond acceptors (Lipinski definition) is 1. The van der Waals surface area contributed by atoms with Crippen molar-refractivity contribution in [2.45, 2.75) is 11.8 Å². The molecular weight excluding hydrogens is 194 g/mol. The van der Waals surface area contributed by atoms with E-state index < -0.39 is 0 Å². The van der Waals surface area contributed by atoms with Crippen LogP contribution in [0.3, 0.4) is 0 Å². The molecular formula is C15H15N. The molecule has 1 nitrogen and oxygen atoms in total. The van der Waals surface area contributed by atoms with Crippen molar-refractivity contribution < 1.29 is 0 Å². The lowest BCUT2D eigenvalue weighted by Crippen LogP contribution is -2.19. The third-order valence-electron chi connectivity index (χ3n) is 4.39. The van der Waals surface area contributed by atoms with Gasteiger partial charge < -0.3 is 5.32 Å². The van der Waals surface area contributed by atoms with Gasteiger partial charge in [0.15, 0.2) is 0 Å². The zero-order valence-corrected chi connectivity index (χ0v) is 9.24. The van der Waals surface area contributed by atoms with E-state index in [1.54, 1.807) is 5.56 Å². The lowest BCUT2D eigenvalue weighted by atomic mass is 9.93. The summed E-state index contributed by atoms with van der Waals surface area (Å²) in [5.74, 6) is 0.897. The Bertz CT molecular complexity index is 560. The SMILES string of the molecule is c1ccc2cc(C34CNC[C@@H]3C4)ccc2c1. The number of benzene rings is 2. The Kier molecular flexibility index (Phi) is 1.57. The van der Waals surface area contributed by atoms with E-state index >= 15 is 0 Å². The molecule has 80 valence electrons. The van der Waals surface area contributed by atoms with Gasteiger partial charge in [0.2, 0.25) is 0 Å². The third kappa shape index (κ3) is 1.04. The first-order chi connectivity index (χ1) is 7.88. The third-order valence-corrected chi connectivity index (χ3v) is 4.39. The molecule has 1 aliphatic heterocycles. The van der Waals surface area contributed by atoms with Crippen LogP contribution < -0.4 is 5.32 Å². The zero-order chi connectivity index (χ0) is 10.6. The molecule has 1 saturated heterocycles. The number of rotatable bonds is 1. The molecule has 1 heteroatoms. The topological polar surface area (TPSA) is 12.0 Å². The maximum absolute atomic E-state index is 3.51. The van der Waals surface area contributed by atoms with Crippen LogP contribution in [0.5, 0.6) is 0 Å². The minimum Gasteiger partial charge on any atom is -0.316 e. The van der Waals surface area contributed by atoms with Gasteiger partial charge in [0.05, 0.1) is 0 Å². The van der Waals surface area contributed by atoms with Crippen molar-refractivity contribution in [1.29, 1.82) is 0 Å². The summed E-state index contributed by atoms with van der Waals surface area (Å²) in [6.45, 7) is 2.39. The second-order valence-corrected chi connectivity index (χ2v) is 5.25. The Balaban J connectivity index is 1.87. The van der Waals surface area contributed by atoms with E-state index in [1.165, 1.54) is 30.3 Å². The summed E-state index contributed by atoms with van der Waals surface area (Å²) >= 11 is 0. The van der Waals surface area contributed by atoms with Crippen LogP contribution in [0.25, 0.3) is 10.8 Å². The van der Waals surface area contributed by atoms with Crippen LogP contribution in [0.15, 0.2) is 42.5 Å². The first-order valence-corrected chi connectivity index (χ1v) is 6.08. The molecule has 1 N–H and O–H groups in total. The van der Waals surface area contributed by atoms with Gasteiger partial charge in [-0.2, -0.15) is 0 Å². The molecule has 16 heavy (non-hydrogen) atoms. The zero-order valence-electron chi connectivity index (χ0n) is 9.24. The quantitative estimate of drug-likeness (QED) is 0.761. The molecule has 1 aliphatic carbocycles. The van der Waals surface area contributed by atoms with E-state index in [2.05, 4.69) is 47.8 Å². The fourth-order valence-corrected chi connectivity index (χ4v) is 3.29. The Hall–Kier alpha value is -1.34. The average Bonchev–Trinajstić information content (AvgIpc) is 2.92. The number of fused-ring (bicyclic) bond motifs is 2. The summed E-state index contributed by atoms with van der Waals surface area (Å²) in [4.78, 5) is 0.